The Bertz CT molecular complexity index is 1530. The van der Waals surface area contributed by atoms with Crippen LogP contribution in [0.4, 0.5) is 0 Å². The third-order valence-electron chi connectivity index (χ3n) is 9.47. The Morgan fingerprint density at radius 1 is 1.04 bits per heavy atom. The number of phenols is 1. The van der Waals surface area contributed by atoms with E-state index in [0.717, 1.165) is 18.9 Å². The molecule has 1 heterocycles. The van der Waals surface area contributed by atoms with Crippen LogP contribution >= 0.6 is 0 Å². The molecule has 0 aromatic heterocycles. The van der Waals surface area contributed by atoms with Gasteiger partial charge in [0.25, 0.3) is 0 Å². The molecule has 0 saturated heterocycles. The number of phenolic OH excluding ortho intramolecular Hbond substituents is 1. The van der Waals surface area contributed by atoms with Gasteiger partial charge < -0.3 is 43.5 Å². The lowest BCUT2D eigenvalue weighted by Gasteiger charge is -2.56. The lowest BCUT2D eigenvalue weighted by molar-refractivity contribution is -0.184. The molecule has 2 N–H and O–H groups in total. The number of esters is 5. The number of carbonyl (C=O) groups is 5. The molecule has 0 saturated carbocycles. The molecule has 3 aliphatic rings. The average molecular weight is 704 g/mol. The first kappa shape index (κ1) is 38.6. The Morgan fingerprint density at radius 2 is 1.70 bits per heavy atom. The zero-order valence-electron chi connectivity index (χ0n) is 30.0. The average Bonchev–Trinajstić information content (AvgIpc) is 3.36. The van der Waals surface area contributed by atoms with Crippen LogP contribution in [0.3, 0.4) is 0 Å². The SMILES string of the molecule is CCCCOC(=O)C[C@H](OC(C)=O)C(=O)O[C@@H](CC(=O)OC(C)(C)C)C(=O)OC1=CC[C@@]2(O)[C@H](N(C)CC)Cc3ccc(O)c4c3[C@@]2(C)[C@H]1O4. The second-order valence-electron chi connectivity index (χ2n) is 14.2. The summed E-state index contributed by atoms with van der Waals surface area (Å²) in [4.78, 5) is 66.4. The van der Waals surface area contributed by atoms with Crippen LogP contribution in [0.5, 0.6) is 11.5 Å². The third kappa shape index (κ3) is 7.75. The smallest absolute Gasteiger partial charge is 0.353 e. The van der Waals surface area contributed by atoms with Crippen molar-refractivity contribution in [2.24, 2.45) is 0 Å². The monoisotopic (exact) mass is 703 g/mol. The first-order valence-corrected chi connectivity index (χ1v) is 17.0. The van der Waals surface area contributed by atoms with Gasteiger partial charge in [-0.2, -0.15) is 0 Å². The molecule has 50 heavy (non-hydrogen) atoms. The summed E-state index contributed by atoms with van der Waals surface area (Å²) < 4.78 is 33.0. The number of hydrogen-bond donors (Lipinski definition) is 2. The van der Waals surface area contributed by atoms with E-state index < -0.39 is 77.6 Å². The highest BCUT2D eigenvalue weighted by Crippen LogP contribution is 2.62. The van der Waals surface area contributed by atoms with Crippen molar-refractivity contribution in [3.8, 4) is 11.5 Å². The van der Waals surface area contributed by atoms with Gasteiger partial charge in [-0.3, -0.25) is 14.4 Å². The van der Waals surface area contributed by atoms with Gasteiger partial charge >= 0.3 is 29.8 Å². The molecule has 276 valence electrons. The van der Waals surface area contributed by atoms with E-state index in [1.807, 2.05) is 25.8 Å². The van der Waals surface area contributed by atoms with Gasteiger partial charge in [-0.25, -0.2) is 9.59 Å². The molecule has 0 unspecified atom stereocenters. The Morgan fingerprint density at radius 3 is 2.32 bits per heavy atom. The van der Waals surface area contributed by atoms with E-state index in [4.69, 9.17) is 28.4 Å². The van der Waals surface area contributed by atoms with Crippen molar-refractivity contribution < 1.29 is 62.6 Å². The highest BCUT2D eigenvalue weighted by Gasteiger charge is 2.68. The van der Waals surface area contributed by atoms with E-state index in [-0.39, 0.29) is 36.3 Å². The van der Waals surface area contributed by atoms with Gasteiger partial charge in [0.1, 0.15) is 11.4 Å². The van der Waals surface area contributed by atoms with Gasteiger partial charge in [-0.05, 0) is 71.8 Å². The maximum atomic E-state index is 13.9. The molecule has 1 aliphatic heterocycles. The van der Waals surface area contributed by atoms with Crippen molar-refractivity contribution in [1.29, 1.82) is 0 Å². The molecular formula is C36H49NO13. The summed E-state index contributed by atoms with van der Waals surface area (Å²) in [6.07, 6.45) is -2.85. The lowest BCUT2D eigenvalue weighted by atomic mass is 9.54. The van der Waals surface area contributed by atoms with Gasteiger partial charge in [-0.15, -0.1) is 0 Å². The van der Waals surface area contributed by atoms with E-state index in [1.165, 1.54) is 12.1 Å². The van der Waals surface area contributed by atoms with Gasteiger partial charge in [0.15, 0.2) is 17.6 Å². The highest BCUT2D eigenvalue weighted by atomic mass is 16.6. The van der Waals surface area contributed by atoms with E-state index in [9.17, 15) is 34.2 Å². The molecule has 4 rings (SSSR count). The normalized spacial score (nSPS) is 24.6. The van der Waals surface area contributed by atoms with Gasteiger partial charge in [0.05, 0.1) is 30.5 Å². The van der Waals surface area contributed by atoms with E-state index in [1.54, 1.807) is 33.8 Å². The molecule has 0 spiro atoms. The van der Waals surface area contributed by atoms with Crippen molar-refractivity contribution in [1.82, 2.24) is 4.90 Å². The van der Waals surface area contributed by atoms with Crippen LogP contribution in [0.2, 0.25) is 0 Å². The molecule has 1 aromatic rings. The molecule has 14 nitrogen and oxygen atoms in total. The standard InChI is InChI=1S/C36H49NO13/c1-9-11-16-45-27(40)18-24(46-20(3)38)32(42)48-25(19-28(41)50-34(4,5)6)33(43)47-23-14-15-36(44)26(37(8)10-2)17-21-12-13-22(39)30-29(21)35(36,7)31(23)49-30/h12-14,24-26,31,39,44H,9-11,15-19H2,1-8H3/t24-,25-,26+,31-,35-,36+/m0/s1. The molecule has 0 radical (unpaired) electrons. The molecule has 1 aromatic carbocycles. The summed E-state index contributed by atoms with van der Waals surface area (Å²) >= 11 is 0. The van der Waals surface area contributed by atoms with Crippen molar-refractivity contribution in [2.75, 3.05) is 20.2 Å². The topological polar surface area (TPSA) is 184 Å². The summed E-state index contributed by atoms with van der Waals surface area (Å²) in [6.45, 7) is 12.3. The Labute approximate surface area is 292 Å². The van der Waals surface area contributed by atoms with Crippen LogP contribution in [0.25, 0.3) is 0 Å². The highest BCUT2D eigenvalue weighted by molar-refractivity contribution is 5.88. The number of aliphatic hydroxyl groups is 1. The fraction of sp³-hybridized carbons (Fsp3) is 0.639. The first-order valence-electron chi connectivity index (χ1n) is 17.0. The number of nitrogens with zero attached hydrogens (tertiary/aromatic N) is 1. The number of likely N-dealkylation sites (N-methyl/N-ethyl adjacent to an activating group) is 1. The van der Waals surface area contributed by atoms with Crippen molar-refractivity contribution in [3.05, 3.63) is 35.1 Å². The van der Waals surface area contributed by atoms with E-state index in [0.29, 0.717) is 24.9 Å². The number of benzene rings is 1. The summed E-state index contributed by atoms with van der Waals surface area (Å²) in [7, 11) is 1.91. The Balaban J connectivity index is 1.65. The van der Waals surface area contributed by atoms with Crippen molar-refractivity contribution in [3.63, 3.8) is 0 Å². The maximum absolute atomic E-state index is 13.9. The largest absolute Gasteiger partial charge is 0.504 e. The lowest BCUT2D eigenvalue weighted by Crippen LogP contribution is -2.69. The quantitative estimate of drug-likeness (QED) is 0.164. The zero-order chi connectivity index (χ0) is 37.2. The third-order valence-corrected chi connectivity index (χ3v) is 9.47. The van der Waals surface area contributed by atoms with Crippen molar-refractivity contribution in [2.45, 2.75) is 128 Å². The van der Waals surface area contributed by atoms with Crippen LogP contribution in [0.1, 0.15) is 91.7 Å². The zero-order valence-corrected chi connectivity index (χ0v) is 30.0. The van der Waals surface area contributed by atoms with Gasteiger partial charge in [-0.1, -0.05) is 26.3 Å². The molecule has 2 aliphatic carbocycles. The molecule has 0 fully saturated rings. The predicted octanol–water partition coefficient (Wildman–Crippen LogP) is 3.16. The minimum atomic E-state index is -1.90. The number of carbonyl (C=O) groups excluding carboxylic acids is 5. The van der Waals surface area contributed by atoms with E-state index >= 15 is 0 Å². The molecule has 0 bridgehead atoms. The van der Waals surface area contributed by atoms with Gasteiger partial charge in [0.2, 0.25) is 12.2 Å². The molecular weight excluding hydrogens is 654 g/mol. The number of rotatable bonds is 14. The van der Waals surface area contributed by atoms with Crippen LogP contribution in [-0.2, 0) is 59.5 Å². The minimum Gasteiger partial charge on any atom is -0.504 e. The Kier molecular flexibility index (Phi) is 11.6. The fourth-order valence-corrected chi connectivity index (χ4v) is 6.91. The first-order chi connectivity index (χ1) is 23.4. The minimum absolute atomic E-state index is 0.0233. The van der Waals surface area contributed by atoms with Gasteiger partial charge in [0, 0.05) is 24.9 Å². The summed E-state index contributed by atoms with van der Waals surface area (Å²) in [5.41, 5.74) is -2.07. The number of ether oxygens (including phenoxy) is 6. The van der Waals surface area contributed by atoms with Crippen LogP contribution < -0.4 is 4.74 Å². The summed E-state index contributed by atoms with van der Waals surface area (Å²) in [5, 5.41) is 23.2. The maximum Gasteiger partial charge on any atom is 0.353 e. The van der Waals surface area contributed by atoms with Crippen LogP contribution in [-0.4, -0.2) is 101 Å². The molecule has 14 heteroatoms. The van der Waals surface area contributed by atoms with E-state index in [2.05, 4.69) is 0 Å². The second kappa shape index (κ2) is 15.0. The Hall–Kier alpha value is -4.17. The second-order valence-corrected chi connectivity index (χ2v) is 14.2. The van der Waals surface area contributed by atoms with Crippen molar-refractivity contribution >= 4 is 29.8 Å². The summed E-state index contributed by atoms with van der Waals surface area (Å²) in [6, 6.07) is 2.96. The predicted molar refractivity (Wildman–Crippen MR) is 176 cm³/mol. The van der Waals surface area contributed by atoms with Crippen LogP contribution in [0, 0.1) is 0 Å². The number of aromatic hydroxyl groups is 1. The number of hydrogen-bond acceptors (Lipinski definition) is 14. The summed E-state index contributed by atoms with van der Waals surface area (Å²) in [5.74, 6) is -5.09. The number of unbranched alkanes of at least 4 members (excludes halogenated alkanes) is 1. The van der Waals surface area contributed by atoms with Crippen LogP contribution in [0.15, 0.2) is 24.0 Å². The molecule has 0 amide bonds. The fourth-order valence-electron chi connectivity index (χ4n) is 6.91. The molecule has 6 atom stereocenters.